The van der Waals surface area contributed by atoms with E-state index in [0.29, 0.717) is 47.4 Å². The highest BCUT2D eigenvalue weighted by atomic mass is 19.4. The van der Waals surface area contributed by atoms with Crippen molar-refractivity contribution in [1.29, 1.82) is 0 Å². The first-order valence-corrected chi connectivity index (χ1v) is 13.6. The number of nitrogens with zero attached hydrogens (tertiary/aromatic N) is 2. The Bertz CT molecular complexity index is 1590. The van der Waals surface area contributed by atoms with Gasteiger partial charge in [0.25, 0.3) is 0 Å². The summed E-state index contributed by atoms with van der Waals surface area (Å²) < 4.78 is 95.5. The number of primary amides is 1. The predicted octanol–water partition coefficient (Wildman–Crippen LogP) is 6.84. The number of anilines is 1. The Hall–Kier alpha value is -4.00. The Morgan fingerprint density at radius 3 is 2.02 bits per heavy atom. The zero-order valence-corrected chi connectivity index (χ0v) is 24.5. The maximum atomic E-state index is 14.0. The van der Waals surface area contributed by atoms with Crippen molar-refractivity contribution in [3.05, 3.63) is 82.4 Å². The van der Waals surface area contributed by atoms with Crippen LogP contribution in [-0.4, -0.2) is 29.4 Å². The van der Waals surface area contributed by atoms with Crippen molar-refractivity contribution in [2.75, 3.05) is 11.9 Å². The fourth-order valence-electron chi connectivity index (χ4n) is 5.41. The average Bonchev–Trinajstić information content (AvgIpc) is 3.34. The van der Waals surface area contributed by atoms with Crippen LogP contribution in [0.3, 0.4) is 0 Å². The molecule has 6 nitrogen and oxygen atoms in total. The van der Waals surface area contributed by atoms with Crippen LogP contribution in [0.25, 0.3) is 11.1 Å². The molecule has 2 heterocycles. The molecule has 236 valence electrons. The number of aryl methyl sites for hydroxylation is 1. The second-order valence-corrected chi connectivity index (χ2v) is 11.8. The van der Waals surface area contributed by atoms with Crippen LogP contribution in [0, 0.1) is 12.7 Å². The van der Waals surface area contributed by atoms with E-state index in [1.165, 1.54) is 45.3 Å². The Morgan fingerprint density at radius 2 is 1.52 bits per heavy atom. The lowest BCUT2D eigenvalue weighted by atomic mass is 9.81. The molecule has 2 amide bonds. The van der Waals surface area contributed by atoms with Crippen molar-refractivity contribution in [2.45, 2.75) is 69.9 Å². The van der Waals surface area contributed by atoms with Gasteiger partial charge in [0.05, 0.1) is 45.7 Å². The van der Waals surface area contributed by atoms with Crippen LogP contribution in [0.15, 0.2) is 48.7 Å². The van der Waals surface area contributed by atoms with Crippen molar-refractivity contribution in [2.24, 2.45) is 5.73 Å². The second kappa shape index (κ2) is 11.2. The first-order valence-electron chi connectivity index (χ1n) is 13.6. The monoisotopic (exact) mass is 624 g/mol. The topological polar surface area (TPSA) is 88.3 Å². The standard InChI is InChI=1S/C31H31F7N4O2/c1-16-10-20(32)6-7-21(16)22-14-24(23-8-9-29(4,41-23)26(39)43)40-15-25(22)42(5)27(44)28(2,3)17-11-18(30(33,34)35)13-19(12-17)31(36,37)38/h6-7,10-15,23,41H,8-9H2,1-5H3,(H2,39,43)/t23?,29-/m1/s1. The normalized spacial score (nSPS) is 19.2. The van der Waals surface area contributed by atoms with Gasteiger partial charge in [-0.1, -0.05) is 6.07 Å². The number of benzene rings is 2. The number of likely N-dealkylation sites (N-methyl/N-ethyl adjacent to an activating group) is 1. The third kappa shape index (κ3) is 6.28. The first-order chi connectivity index (χ1) is 20.1. The highest BCUT2D eigenvalue weighted by Gasteiger charge is 2.42. The van der Waals surface area contributed by atoms with Crippen LogP contribution in [0.2, 0.25) is 0 Å². The molecule has 1 aliphatic heterocycles. The van der Waals surface area contributed by atoms with Gasteiger partial charge in [-0.3, -0.25) is 19.9 Å². The maximum absolute atomic E-state index is 14.0. The summed E-state index contributed by atoms with van der Waals surface area (Å²) in [6.45, 7) is 5.78. The number of amides is 2. The predicted molar refractivity (Wildman–Crippen MR) is 150 cm³/mol. The van der Waals surface area contributed by atoms with Crippen LogP contribution in [0.5, 0.6) is 0 Å². The number of halogens is 7. The van der Waals surface area contributed by atoms with Crippen molar-refractivity contribution in [1.82, 2.24) is 10.3 Å². The minimum Gasteiger partial charge on any atom is -0.368 e. The molecule has 0 saturated carbocycles. The molecule has 0 aliphatic carbocycles. The molecule has 0 bridgehead atoms. The van der Waals surface area contributed by atoms with E-state index in [-0.39, 0.29) is 11.8 Å². The molecule has 1 aliphatic rings. The first kappa shape index (κ1) is 32.9. The molecule has 3 aromatic rings. The van der Waals surface area contributed by atoms with Gasteiger partial charge in [0.1, 0.15) is 5.82 Å². The second-order valence-electron chi connectivity index (χ2n) is 11.8. The number of hydrogen-bond acceptors (Lipinski definition) is 4. The molecule has 1 saturated heterocycles. The molecular weight excluding hydrogens is 593 g/mol. The van der Waals surface area contributed by atoms with E-state index in [0.717, 1.165) is 4.90 Å². The van der Waals surface area contributed by atoms with Gasteiger partial charge in [0.15, 0.2) is 0 Å². The summed E-state index contributed by atoms with van der Waals surface area (Å²) in [7, 11) is 1.33. The van der Waals surface area contributed by atoms with Crippen molar-refractivity contribution in [3.8, 4) is 11.1 Å². The van der Waals surface area contributed by atoms with E-state index in [1.54, 1.807) is 19.9 Å². The Balaban J connectivity index is 1.82. The highest BCUT2D eigenvalue weighted by molar-refractivity contribution is 6.03. The third-order valence-electron chi connectivity index (χ3n) is 8.22. The number of alkyl halides is 6. The fraction of sp³-hybridized carbons (Fsp3) is 0.387. The van der Waals surface area contributed by atoms with Crippen molar-refractivity contribution in [3.63, 3.8) is 0 Å². The highest BCUT2D eigenvalue weighted by Crippen LogP contribution is 2.42. The Morgan fingerprint density at radius 1 is 0.955 bits per heavy atom. The molecule has 13 heteroatoms. The van der Waals surface area contributed by atoms with Gasteiger partial charge in [-0.05, 0) is 93.6 Å². The minimum atomic E-state index is -5.09. The largest absolute Gasteiger partial charge is 0.416 e. The van der Waals surface area contributed by atoms with Crippen LogP contribution in [0.1, 0.15) is 67.6 Å². The van der Waals surface area contributed by atoms with Gasteiger partial charge in [-0.25, -0.2) is 4.39 Å². The summed E-state index contributed by atoms with van der Waals surface area (Å²) in [4.78, 5) is 31.5. The van der Waals surface area contributed by atoms with E-state index in [1.807, 2.05) is 0 Å². The molecule has 1 unspecified atom stereocenters. The SMILES string of the molecule is Cc1cc(F)ccc1-c1cc(C2CC[C@](C)(C(N)=O)N2)ncc1N(C)C(=O)C(C)(C)c1cc(C(F)(F)F)cc(C(F)(F)F)c1. The smallest absolute Gasteiger partial charge is 0.368 e. The summed E-state index contributed by atoms with van der Waals surface area (Å²) in [6.07, 6.45) is -7.88. The molecule has 1 fully saturated rings. The van der Waals surface area contributed by atoms with Gasteiger partial charge in [0.2, 0.25) is 11.8 Å². The van der Waals surface area contributed by atoms with Crippen LogP contribution in [0.4, 0.5) is 36.4 Å². The number of rotatable bonds is 6. The minimum absolute atomic E-state index is 0.00606. The molecular formula is C31H31F7N4O2. The van der Waals surface area contributed by atoms with Gasteiger partial charge in [0, 0.05) is 12.6 Å². The van der Waals surface area contributed by atoms with E-state index in [4.69, 9.17) is 5.73 Å². The molecule has 3 N–H and O–H groups in total. The van der Waals surface area contributed by atoms with Gasteiger partial charge >= 0.3 is 12.4 Å². The van der Waals surface area contributed by atoms with Crippen LogP contribution >= 0.6 is 0 Å². The van der Waals surface area contributed by atoms with Crippen LogP contribution < -0.4 is 16.0 Å². The number of nitrogens with two attached hydrogens (primary N) is 1. The van der Waals surface area contributed by atoms with E-state index >= 15 is 0 Å². The zero-order chi connectivity index (χ0) is 33.0. The Labute approximate surface area is 249 Å². The summed E-state index contributed by atoms with van der Waals surface area (Å²) in [5, 5.41) is 3.18. The zero-order valence-electron chi connectivity index (χ0n) is 24.5. The summed E-state index contributed by atoms with van der Waals surface area (Å²) in [5.41, 5.74) is 1.25. The van der Waals surface area contributed by atoms with Gasteiger partial charge < -0.3 is 10.6 Å². The van der Waals surface area contributed by atoms with Crippen molar-refractivity contribution >= 4 is 17.5 Å². The van der Waals surface area contributed by atoms with E-state index < -0.39 is 63.7 Å². The lowest BCUT2D eigenvalue weighted by Crippen LogP contribution is -2.49. The number of nitrogens with one attached hydrogen (secondary N) is 1. The molecule has 4 rings (SSSR count). The molecule has 0 radical (unpaired) electrons. The van der Waals surface area contributed by atoms with Crippen LogP contribution in [-0.2, 0) is 27.4 Å². The summed E-state index contributed by atoms with van der Waals surface area (Å²) in [5.74, 6) is -1.87. The van der Waals surface area contributed by atoms with Gasteiger partial charge in [-0.2, -0.15) is 26.3 Å². The number of pyridine rings is 1. The van der Waals surface area contributed by atoms with Crippen molar-refractivity contribution < 1.29 is 40.3 Å². The quantitative estimate of drug-likeness (QED) is 0.294. The fourth-order valence-corrected chi connectivity index (χ4v) is 5.41. The molecule has 1 aromatic heterocycles. The summed E-state index contributed by atoms with van der Waals surface area (Å²) in [6, 6.07) is 6.33. The van der Waals surface area contributed by atoms with Gasteiger partial charge in [-0.15, -0.1) is 0 Å². The van der Waals surface area contributed by atoms with E-state index in [2.05, 4.69) is 10.3 Å². The number of carbonyl (C=O) groups is 2. The Kier molecular flexibility index (Phi) is 8.35. The molecule has 44 heavy (non-hydrogen) atoms. The lowest BCUT2D eigenvalue weighted by Gasteiger charge is -2.32. The summed E-state index contributed by atoms with van der Waals surface area (Å²) >= 11 is 0. The number of carbonyl (C=O) groups excluding carboxylic acids is 2. The number of hydrogen-bond donors (Lipinski definition) is 2. The maximum Gasteiger partial charge on any atom is 0.416 e. The number of aromatic nitrogens is 1. The molecule has 2 aromatic carbocycles. The van der Waals surface area contributed by atoms with E-state index in [9.17, 15) is 40.3 Å². The molecule has 2 atom stereocenters. The molecule has 0 spiro atoms. The third-order valence-corrected chi connectivity index (χ3v) is 8.22. The lowest BCUT2D eigenvalue weighted by molar-refractivity contribution is -0.143. The average molecular weight is 625 g/mol.